The fourth-order valence-corrected chi connectivity index (χ4v) is 2.83. The number of aromatic amines is 1. The third-order valence-corrected chi connectivity index (χ3v) is 3.78. The molecule has 3 nitrogen and oxygen atoms in total. The number of rotatable bonds is 2. The Morgan fingerprint density at radius 2 is 2.06 bits per heavy atom. The summed E-state index contributed by atoms with van der Waals surface area (Å²) in [5, 5.41) is 8.97. The number of fused-ring (bicyclic) bond motifs is 1. The zero-order valence-electron chi connectivity index (χ0n) is 10.8. The quantitative estimate of drug-likeness (QED) is 0.875. The lowest BCUT2D eigenvalue weighted by Crippen LogP contribution is -2.28. The molecule has 0 unspecified atom stereocenters. The molecule has 1 saturated heterocycles. The first-order valence-corrected chi connectivity index (χ1v) is 6.68. The van der Waals surface area contributed by atoms with Gasteiger partial charge in [-0.25, -0.2) is 0 Å². The minimum atomic E-state index is 0.600. The Hall–Kier alpha value is -1.77. The average Bonchev–Trinajstić information content (AvgIpc) is 2.84. The minimum absolute atomic E-state index is 0.600. The van der Waals surface area contributed by atoms with Crippen LogP contribution in [0.5, 0.6) is 0 Å². The normalized spacial score (nSPS) is 17.9. The molecule has 0 atom stereocenters. The van der Waals surface area contributed by atoms with E-state index in [4.69, 9.17) is 0 Å². The van der Waals surface area contributed by atoms with E-state index in [1.165, 1.54) is 23.9 Å². The van der Waals surface area contributed by atoms with Gasteiger partial charge in [0.2, 0.25) is 0 Å². The lowest BCUT2D eigenvalue weighted by molar-refractivity contribution is 0.282. The van der Waals surface area contributed by atoms with E-state index in [1.54, 1.807) is 0 Å². The van der Waals surface area contributed by atoms with Crippen LogP contribution in [0.2, 0.25) is 0 Å². The van der Waals surface area contributed by atoms with E-state index in [2.05, 4.69) is 58.6 Å². The SMILES string of the molecule is C/C=C\N1CCC(c2n[nH]c3ccccc23)CC1. The highest BCUT2D eigenvalue weighted by Crippen LogP contribution is 2.31. The zero-order chi connectivity index (χ0) is 12.4. The summed E-state index contributed by atoms with van der Waals surface area (Å²) in [7, 11) is 0. The van der Waals surface area contributed by atoms with Crippen molar-refractivity contribution in [2.45, 2.75) is 25.7 Å². The van der Waals surface area contributed by atoms with E-state index in [1.807, 2.05) is 0 Å². The van der Waals surface area contributed by atoms with Crippen molar-refractivity contribution in [1.82, 2.24) is 15.1 Å². The summed E-state index contributed by atoms with van der Waals surface area (Å²) >= 11 is 0. The maximum absolute atomic E-state index is 4.53. The fraction of sp³-hybridized carbons (Fsp3) is 0.400. The topological polar surface area (TPSA) is 31.9 Å². The van der Waals surface area contributed by atoms with Crippen LogP contribution in [0.25, 0.3) is 10.9 Å². The van der Waals surface area contributed by atoms with Crippen LogP contribution in [0.1, 0.15) is 31.4 Å². The number of piperidine rings is 1. The van der Waals surface area contributed by atoms with Crippen LogP contribution in [0.3, 0.4) is 0 Å². The predicted molar refractivity (Wildman–Crippen MR) is 74.5 cm³/mol. The first kappa shape index (κ1) is 11.3. The average molecular weight is 241 g/mol. The van der Waals surface area contributed by atoms with E-state index in [0.29, 0.717) is 5.92 Å². The second-order valence-corrected chi connectivity index (χ2v) is 4.95. The van der Waals surface area contributed by atoms with Crippen LogP contribution in [-0.4, -0.2) is 28.2 Å². The molecule has 0 aliphatic carbocycles. The van der Waals surface area contributed by atoms with E-state index in [0.717, 1.165) is 18.6 Å². The van der Waals surface area contributed by atoms with Crippen LogP contribution in [-0.2, 0) is 0 Å². The summed E-state index contributed by atoms with van der Waals surface area (Å²) < 4.78 is 0. The molecule has 1 aromatic carbocycles. The predicted octanol–water partition coefficient (Wildman–Crippen LogP) is 3.28. The molecular formula is C15H19N3. The number of nitrogens with one attached hydrogen (secondary N) is 1. The lowest BCUT2D eigenvalue weighted by atomic mass is 9.92. The molecule has 1 aliphatic heterocycles. The molecule has 1 aliphatic rings. The summed E-state index contributed by atoms with van der Waals surface area (Å²) in [6.07, 6.45) is 6.70. The van der Waals surface area contributed by atoms with Crippen LogP contribution in [0, 0.1) is 0 Å². The van der Waals surface area contributed by atoms with E-state index >= 15 is 0 Å². The second kappa shape index (κ2) is 4.84. The lowest BCUT2D eigenvalue weighted by Gasteiger charge is -2.30. The smallest absolute Gasteiger partial charge is 0.0733 e. The molecule has 1 aromatic heterocycles. The molecule has 1 fully saturated rings. The number of likely N-dealkylation sites (tertiary alicyclic amines) is 1. The van der Waals surface area contributed by atoms with Crippen molar-refractivity contribution in [2.24, 2.45) is 0 Å². The van der Waals surface area contributed by atoms with Gasteiger partial charge in [0.1, 0.15) is 0 Å². The summed E-state index contributed by atoms with van der Waals surface area (Å²) in [5.41, 5.74) is 2.41. The molecule has 0 radical (unpaired) electrons. The van der Waals surface area contributed by atoms with Gasteiger partial charge in [0.25, 0.3) is 0 Å². The highest BCUT2D eigenvalue weighted by atomic mass is 15.1. The largest absolute Gasteiger partial charge is 0.378 e. The summed E-state index contributed by atoms with van der Waals surface area (Å²) in [6, 6.07) is 8.42. The molecule has 2 aromatic rings. The van der Waals surface area contributed by atoms with Gasteiger partial charge >= 0.3 is 0 Å². The highest BCUT2D eigenvalue weighted by Gasteiger charge is 2.22. The van der Waals surface area contributed by atoms with Gasteiger partial charge in [0, 0.05) is 24.4 Å². The Morgan fingerprint density at radius 3 is 2.83 bits per heavy atom. The Bertz CT molecular complexity index is 548. The number of hydrogen-bond donors (Lipinski definition) is 1. The molecule has 0 amide bonds. The highest BCUT2D eigenvalue weighted by molar-refractivity contribution is 5.81. The number of allylic oxidation sites excluding steroid dienone is 1. The summed E-state index contributed by atoms with van der Waals surface area (Å²) in [5.74, 6) is 0.600. The van der Waals surface area contributed by atoms with Gasteiger partial charge in [0.15, 0.2) is 0 Å². The molecule has 0 saturated carbocycles. The molecule has 3 heteroatoms. The molecule has 2 heterocycles. The molecular weight excluding hydrogens is 222 g/mol. The zero-order valence-corrected chi connectivity index (χ0v) is 10.8. The monoisotopic (exact) mass is 241 g/mol. The van der Waals surface area contributed by atoms with Gasteiger partial charge < -0.3 is 4.90 Å². The number of H-pyrrole nitrogens is 1. The van der Waals surface area contributed by atoms with Crippen molar-refractivity contribution in [2.75, 3.05) is 13.1 Å². The third kappa shape index (κ3) is 2.01. The molecule has 18 heavy (non-hydrogen) atoms. The van der Waals surface area contributed by atoms with Gasteiger partial charge in [-0.05, 0) is 32.0 Å². The molecule has 3 rings (SSSR count). The van der Waals surface area contributed by atoms with Crippen LogP contribution in [0.15, 0.2) is 36.5 Å². The van der Waals surface area contributed by atoms with Gasteiger partial charge in [0.05, 0.1) is 11.2 Å². The van der Waals surface area contributed by atoms with Crippen molar-refractivity contribution in [3.05, 3.63) is 42.2 Å². The van der Waals surface area contributed by atoms with Gasteiger partial charge in [-0.2, -0.15) is 5.10 Å². The van der Waals surface area contributed by atoms with E-state index in [-0.39, 0.29) is 0 Å². The number of benzene rings is 1. The van der Waals surface area contributed by atoms with Crippen molar-refractivity contribution in [3.8, 4) is 0 Å². The van der Waals surface area contributed by atoms with Crippen LogP contribution >= 0.6 is 0 Å². The van der Waals surface area contributed by atoms with Crippen LogP contribution in [0.4, 0.5) is 0 Å². The van der Waals surface area contributed by atoms with Crippen LogP contribution < -0.4 is 0 Å². The Kier molecular flexibility index (Phi) is 3.05. The maximum Gasteiger partial charge on any atom is 0.0733 e. The Morgan fingerprint density at radius 1 is 1.28 bits per heavy atom. The fourth-order valence-electron chi connectivity index (χ4n) is 2.83. The van der Waals surface area contributed by atoms with Crippen molar-refractivity contribution < 1.29 is 0 Å². The Labute approximate surface area is 107 Å². The molecule has 0 bridgehead atoms. The molecule has 94 valence electrons. The summed E-state index contributed by atoms with van der Waals surface area (Å²) in [4.78, 5) is 2.39. The number of para-hydroxylation sites is 1. The number of nitrogens with zero attached hydrogens (tertiary/aromatic N) is 2. The summed E-state index contributed by atoms with van der Waals surface area (Å²) in [6.45, 7) is 4.35. The standard InChI is InChI=1S/C15H19N3/c1-2-9-18-10-7-12(8-11-18)15-13-5-3-4-6-14(13)16-17-15/h2-6,9,12H,7-8,10-11H2,1H3,(H,16,17)/b9-2-. The molecule has 0 spiro atoms. The van der Waals surface area contributed by atoms with E-state index in [9.17, 15) is 0 Å². The second-order valence-electron chi connectivity index (χ2n) is 4.95. The van der Waals surface area contributed by atoms with Crippen molar-refractivity contribution in [3.63, 3.8) is 0 Å². The first-order chi connectivity index (χ1) is 8.88. The van der Waals surface area contributed by atoms with Gasteiger partial charge in [-0.1, -0.05) is 24.3 Å². The Balaban J connectivity index is 1.80. The third-order valence-electron chi connectivity index (χ3n) is 3.78. The van der Waals surface area contributed by atoms with Crippen molar-refractivity contribution >= 4 is 10.9 Å². The first-order valence-electron chi connectivity index (χ1n) is 6.68. The maximum atomic E-state index is 4.53. The number of aromatic nitrogens is 2. The number of hydrogen-bond acceptors (Lipinski definition) is 2. The minimum Gasteiger partial charge on any atom is -0.378 e. The van der Waals surface area contributed by atoms with Gasteiger partial charge in [-0.15, -0.1) is 0 Å². The molecule has 1 N–H and O–H groups in total. The van der Waals surface area contributed by atoms with E-state index < -0.39 is 0 Å². The van der Waals surface area contributed by atoms with Crippen molar-refractivity contribution in [1.29, 1.82) is 0 Å². The van der Waals surface area contributed by atoms with Gasteiger partial charge in [-0.3, -0.25) is 5.10 Å².